The maximum atomic E-state index is 11.2. The molecule has 23 heavy (non-hydrogen) atoms. The topological polar surface area (TPSA) is 44.8 Å². The van der Waals surface area contributed by atoms with E-state index in [0.29, 0.717) is 29.4 Å². The van der Waals surface area contributed by atoms with Gasteiger partial charge in [-0.05, 0) is 11.8 Å². The van der Waals surface area contributed by atoms with Crippen LogP contribution in [0.25, 0.3) is 0 Å². The van der Waals surface area contributed by atoms with Crippen LogP contribution in [-0.4, -0.2) is 27.1 Å². The summed E-state index contributed by atoms with van der Waals surface area (Å²) in [7, 11) is 3.06. The van der Waals surface area contributed by atoms with Gasteiger partial charge in [0.2, 0.25) is 0 Å². The van der Waals surface area contributed by atoms with Crippen molar-refractivity contribution in [2.45, 2.75) is 52.9 Å². The van der Waals surface area contributed by atoms with E-state index in [1.165, 1.54) is 39.9 Å². The van der Waals surface area contributed by atoms with Gasteiger partial charge < -0.3 is 14.2 Å². The van der Waals surface area contributed by atoms with E-state index < -0.39 is 0 Å². The summed E-state index contributed by atoms with van der Waals surface area (Å²) in [5.41, 5.74) is 0.513. The molecule has 0 heterocycles. The Morgan fingerprint density at radius 1 is 1.04 bits per heavy atom. The zero-order valence-corrected chi connectivity index (χ0v) is 15.1. The molecule has 4 heteroatoms. The van der Waals surface area contributed by atoms with Crippen LogP contribution in [0.2, 0.25) is 0 Å². The normalized spacial score (nSPS) is 11.2. The number of methoxy groups -OCH3 is 2. The maximum Gasteiger partial charge on any atom is 0.157 e. The fourth-order valence-electron chi connectivity index (χ4n) is 2.50. The minimum atomic E-state index is 0.109. The molecule has 1 aromatic carbocycles. The minimum absolute atomic E-state index is 0.109. The Labute approximate surface area is 140 Å². The molecule has 0 N–H and O–H groups in total. The second kappa shape index (κ2) is 9.43. The zero-order valence-electron chi connectivity index (χ0n) is 15.1. The Morgan fingerprint density at radius 3 is 2.13 bits per heavy atom. The van der Waals surface area contributed by atoms with Crippen molar-refractivity contribution in [2.75, 3.05) is 20.8 Å². The molecule has 1 aromatic rings. The van der Waals surface area contributed by atoms with Crippen molar-refractivity contribution in [1.82, 2.24) is 0 Å². The van der Waals surface area contributed by atoms with Gasteiger partial charge in [0.25, 0.3) is 0 Å². The highest BCUT2D eigenvalue weighted by molar-refractivity contribution is 5.84. The van der Waals surface area contributed by atoms with Crippen molar-refractivity contribution in [3.8, 4) is 17.2 Å². The summed E-state index contributed by atoms with van der Waals surface area (Å²) in [6.07, 6.45) is 6.90. The molecule has 1 rings (SSSR count). The van der Waals surface area contributed by atoms with Gasteiger partial charge in [0.1, 0.15) is 17.2 Å². The van der Waals surface area contributed by atoms with Crippen LogP contribution >= 0.6 is 0 Å². The molecule has 0 spiro atoms. The van der Waals surface area contributed by atoms with Gasteiger partial charge in [0.05, 0.1) is 26.4 Å². The van der Waals surface area contributed by atoms with Crippen LogP contribution in [0.5, 0.6) is 17.2 Å². The first-order chi connectivity index (χ1) is 11.0. The summed E-state index contributed by atoms with van der Waals surface area (Å²) >= 11 is 0. The molecule has 0 aliphatic rings. The summed E-state index contributed by atoms with van der Waals surface area (Å²) in [6, 6.07) is 3.47. The molecular weight excluding hydrogens is 292 g/mol. The van der Waals surface area contributed by atoms with Crippen molar-refractivity contribution in [3.05, 3.63) is 17.7 Å². The fourth-order valence-corrected chi connectivity index (χ4v) is 2.50. The van der Waals surface area contributed by atoms with Crippen LogP contribution < -0.4 is 14.2 Å². The third-order valence-electron chi connectivity index (χ3n) is 3.97. The van der Waals surface area contributed by atoms with E-state index in [2.05, 4.69) is 20.8 Å². The molecule has 0 aromatic heterocycles. The lowest BCUT2D eigenvalue weighted by molar-refractivity contribution is 0.111. The molecule has 4 nitrogen and oxygen atoms in total. The Hall–Kier alpha value is -1.71. The monoisotopic (exact) mass is 322 g/mol. The van der Waals surface area contributed by atoms with E-state index in [4.69, 9.17) is 14.2 Å². The van der Waals surface area contributed by atoms with Crippen molar-refractivity contribution in [3.63, 3.8) is 0 Å². The third-order valence-corrected chi connectivity index (χ3v) is 3.97. The Kier molecular flexibility index (Phi) is 7.93. The molecule has 0 radical (unpaired) electrons. The first-order valence-electron chi connectivity index (χ1n) is 8.31. The minimum Gasteiger partial charge on any atom is -0.496 e. The van der Waals surface area contributed by atoms with Gasteiger partial charge in [-0.3, -0.25) is 4.79 Å². The fraction of sp³-hybridized carbons (Fsp3) is 0.632. The van der Waals surface area contributed by atoms with Gasteiger partial charge in [-0.1, -0.05) is 46.5 Å². The third kappa shape index (κ3) is 6.12. The SMILES string of the molecule is CCCCCCC(C)(C)COc1cc(OC)c(C=O)c(OC)c1. The van der Waals surface area contributed by atoms with Crippen molar-refractivity contribution in [2.24, 2.45) is 5.41 Å². The van der Waals surface area contributed by atoms with Crippen LogP contribution in [0.1, 0.15) is 63.2 Å². The van der Waals surface area contributed by atoms with E-state index in [1.54, 1.807) is 12.1 Å². The van der Waals surface area contributed by atoms with Crippen LogP contribution in [-0.2, 0) is 0 Å². The van der Waals surface area contributed by atoms with Crippen LogP contribution in [0.15, 0.2) is 12.1 Å². The molecular formula is C19H30O4. The average molecular weight is 322 g/mol. The van der Waals surface area contributed by atoms with E-state index in [9.17, 15) is 4.79 Å². The van der Waals surface area contributed by atoms with Crippen molar-refractivity contribution < 1.29 is 19.0 Å². The van der Waals surface area contributed by atoms with Gasteiger partial charge in [-0.25, -0.2) is 0 Å². The van der Waals surface area contributed by atoms with Crippen LogP contribution in [0.4, 0.5) is 0 Å². The van der Waals surface area contributed by atoms with Crippen molar-refractivity contribution >= 4 is 6.29 Å². The lowest BCUT2D eigenvalue weighted by atomic mass is 9.88. The number of carbonyl (C=O) groups excluding carboxylic acids is 1. The second-order valence-corrected chi connectivity index (χ2v) is 6.62. The van der Waals surface area contributed by atoms with E-state index >= 15 is 0 Å². The lowest BCUT2D eigenvalue weighted by Gasteiger charge is -2.25. The van der Waals surface area contributed by atoms with E-state index in [1.807, 2.05) is 0 Å². The molecule has 0 aliphatic heterocycles. The van der Waals surface area contributed by atoms with Crippen LogP contribution in [0.3, 0.4) is 0 Å². The number of hydrogen-bond donors (Lipinski definition) is 0. The summed E-state index contributed by atoms with van der Waals surface area (Å²) in [5, 5.41) is 0. The Morgan fingerprint density at radius 2 is 1.65 bits per heavy atom. The van der Waals surface area contributed by atoms with Gasteiger partial charge >= 0.3 is 0 Å². The van der Waals surface area contributed by atoms with Gasteiger partial charge in [0, 0.05) is 12.1 Å². The quantitative estimate of drug-likeness (QED) is 0.430. The average Bonchev–Trinajstić information content (AvgIpc) is 2.55. The molecule has 0 saturated heterocycles. The molecule has 0 bridgehead atoms. The van der Waals surface area contributed by atoms with Gasteiger partial charge in [0.15, 0.2) is 6.29 Å². The number of unbranched alkanes of at least 4 members (excludes halogenated alkanes) is 3. The molecule has 130 valence electrons. The Bertz CT molecular complexity index is 469. The molecule has 0 aliphatic carbocycles. The van der Waals surface area contributed by atoms with Crippen LogP contribution in [0, 0.1) is 5.41 Å². The standard InChI is InChI=1S/C19H30O4/c1-6-7-8-9-10-19(2,3)14-23-15-11-17(21-4)16(13-20)18(12-15)22-5/h11-13H,6-10,14H2,1-5H3. The molecule has 0 saturated carbocycles. The largest absolute Gasteiger partial charge is 0.496 e. The number of hydrogen-bond acceptors (Lipinski definition) is 4. The number of benzene rings is 1. The zero-order chi connectivity index (χ0) is 17.3. The van der Waals surface area contributed by atoms with E-state index in [-0.39, 0.29) is 5.41 Å². The second-order valence-electron chi connectivity index (χ2n) is 6.62. The highest BCUT2D eigenvalue weighted by Gasteiger charge is 2.20. The molecule has 0 fully saturated rings. The predicted molar refractivity (Wildman–Crippen MR) is 93.0 cm³/mol. The van der Waals surface area contributed by atoms with Crippen molar-refractivity contribution in [1.29, 1.82) is 0 Å². The highest BCUT2D eigenvalue weighted by Crippen LogP contribution is 2.34. The summed E-state index contributed by atoms with van der Waals surface area (Å²) in [4.78, 5) is 11.2. The number of carbonyl (C=O) groups is 1. The van der Waals surface area contributed by atoms with E-state index in [0.717, 1.165) is 12.7 Å². The lowest BCUT2D eigenvalue weighted by Crippen LogP contribution is -2.21. The number of aldehydes is 1. The smallest absolute Gasteiger partial charge is 0.157 e. The first kappa shape index (κ1) is 19.3. The highest BCUT2D eigenvalue weighted by atomic mass is 16.5. The summed E-state index contributed by atoms with van der Waals surface area (Å²) in [6.45, 7) is 7.27. The molecule has 0 amide bonds. The maximum absolute atomic E-state index is 11.2. The predicted octanol–water partition coefficient (Wildman–Crippen LogP) is 4.89. The number of ether oxygens (including phenoxy) is 3. The molecule has 0 unspecified atom stereocenters. The first-order valence-corrected chi connectivity index (χ1v) is 8.31. The van der Waals surface area contributed by atoms with Gasteiger partial charge in [-0.2, -0.15) is 0 Å². The summed E-state index contributed by atoms with van der Waals surface area (Å²) < 4.78 is 16.4. The Balaban J connectivity index is 2.71. The van der Waals surface area contributed by atoms with Gasteiger partial charge in [-0.15, -0.1) is 0 Å². The number of rotatable bonds is 11. The summed E-state index contributed by atoms with van der Waals surface area (Å²) in [5.74, 6) is 1.59. The molecule has 0 atom stereocenters.